The fraction of sp³-hybridized carbons (Fsp3) is 0.700. The van der Waals surface area contributed by atoms with E-state index in [0.717, 1.165) is 12.2 Å². The topological polar surface area (TPSA) is 53.1 Å². The van der Waals surface area contributed by atoms with Gasteiger partial charge >= 0.3 is 0 Å². The largest absolute Gasteiger partial charge is 0.377 e. The van der Waals surface area contributed by atoms with Crippen molar-refractivity contribution >= 4 is 0 Å². The summed E-state index contributed by atoms with van der Waals surface area (Å²) in [5.74, 6) is 0. The van der Waals surface area contributed by atoms with Crippen LogP contribution in [0.25, 0.3) is 0 Å². The monoisotopic (exact) mass is 197 g/mol. The second-order valence-electron chi connectivity index (χ2n) is 4.20. The predicted octanol–water partition coefficient (Wildman–Crippen LogP) is 1.33. The van der Waals surface area contributed by atoms with E-state index in [1.54, 1.807) is 19.6 Å². The number of hydrogen-bond donors (Lipinski definition) is 1. The fourth-order valence-electron chi connectivity index (χ4n) is 1.32. The summed E-state index contributed by atoms with van der Waals surface area (Å²) in [6.07, 6.45) is 3.59. The Bertz CT molecular complexity index is 291. The number of ether oxygens (including phenoxy) is 1. The second kappa shape index (κ2) is 4.11. The lowest BCUT2D eigenvalue weighted by Gasteiger charge is -2.24. The van der Waals surface area contributed by atoms with Crippen molar-refractivity contribution in [2.24, 2.45) is 5.73 Å². The van der Waals surface area contributed by atoms with Crippen molar-refractivity contribution in [3.63, 3.8) is 0 Å². The van der Waals surface area contributed by atoms with E-state index in [-0.39, 0.29) is 11.6 Å². The van der Waals surface area contributed by atoms with Crippen LogP contribution in [0.1, 0.15) is 32.5 Å². The molecular formula is C10H19N3O. The third kappa shape index (κ3) is 2.56. The molecule has 1 aromatic rings. The number of nitrogens with zero attached hydrogens (tertiary/aromatic N) is 2. The first-order valence-electron chi connectivity index (χ1n) is 4.77. The van der Waals surface area contributed by atoms with Crippen LogP contribution in [-0.2, 0) is 11.3 Å². The van der Waals surface area contributed by atoms with E-state index in [1.807, 2.05) is 25.3 Å². The molecule has 0 spiro atoms. The first kappa shape index (κ1) is 11.2. The lowest BCUT2D eigenvalue weighted by Crippen LogP contribution is -2.30. The molecule has 14 heavy (non-hydrogen) atoms. The summed E-state index contributed by atoms with van der Waals surface area (Å²) in [5, 5.41) is 0. The van der Waals surface area contributed by atoms with Crippen LogP contribution in [0, 0.1) is 0 Å². The summed E-state index contributed by atoms with van der Waals surface area (Å²) < 4.78 is 7.39. The number of hydrogen-bond acceptors (Lipinski definition) is 3. The number of imidazole rings is 1. The molecule has 0 saturated heterocycles. The quantitative estimate of drug-likeness (QED) is 0.792. The molecule has 0 amide bonds. The fourth-order valence-corrected chi connectivity index (χ4v) is 1.32. The zero-order valence-corrected chi connectivity index (χ0v) is 9.32. The summed E-state index contributed by atoms with van der Waals surface area (Å²) in [4.78, 5) is 4.09. The van der Waals surface area contributed by atoms with Gasteiger partial charge in [-0.1, -0.05) is 0 Å². The Hall–Kier alpha value is -0.870. The van der Waals surface area contributed by atoms with E-state index in [0.29, 0.717) is 0 Å². The van der Waals surface area contributed by atoms with Gasteiger partial charge in [-0.15, -0.1) is 0 Å². The summed E-state index contributed by atoms with van der Waals surface area (Å²) in [5.41, 5.74) is 6.66. The van der Waals surface area contributed by atoms with Crippen LogP contribution in [-0.4, -0.2) is 22.3 Å². The molecule has 0 aliphatic rings. The molecule has 0 aliphatic heterocycles. The number of methoxy groups -OCH3 is 1. The Balaban J connectivity index is 2.81. The van der Waals surface area contributed by atoms with Crippen LogP contribution in [0.4, 0.5) is 0 Å². The van der Waals surface area contributed by atoms with Crippen molar-refractivity contribution in [2.75, 3.05) is 7.11 Å². The van der Waals surface area contributed by atoms with Crippen molar-refractivity contribution in [3.8, 4) is 0 Å². The average molecular weight is 197 g/mol. The molecule has 0 bridgehead atoms. The number of aromatic nitrogens is 2. The summed E-state index contributed by atoms with van der Waals surface area (Å²) in [7, 11) is 1.71. The minimum Gasteiger partial charge on any atom is -0.377 e. The Morgan fingerprint density at radius 3 is 2.79 bits per heavy atom. The zero-order valence-electron chi connectivity index (χ0n) is 9.32. The van der Waals surface area contributed by atoms with E-state index < -0.39 is 0 Å². The molecule has 0 aromatic carbocycles. The van der Waals surface area contributed by atoms with Crippen molar-refractivity contribution < 1.29 is 4.74 Å². The number of rotatable bonds is 4. The van der Waals surface area contributed by atoms with Crippen molar-refractivity contribution in [1.29, 1.82) is 0 Å². The Morgan fingerprint density at radius 2 is 2.29 bits per heavy atom. The summed E-state index contributed by atoms with van der Waals surface area (Å²) in [6.45, 7) is 6.80. The van der Waals surface area contributed by atoms with Gasteiger partial charge in [0.2, 0.25) is 0 Å². The Labute approximate surface area is 85.1 Å². The van der Waals surface area contributed by atoms with E-state index in [2.05, 4.69) is 4.98 Å². The molecule has 1 aromatic heterocycles. The molecule has 0 saturated carbocycles. The van der Waals surface area contributed by atoms with Crippen molar-refractivity contribution in [2.45, 2.75) is 39.0 Å². The highest BCUT2D eigenvalue weighted by Gasteiger charge is 2.19. The van der Waals surface area contributed by atoms with Gasteiger partial charge in [0.25, 0.3) is 0 Å². The highest BCUT2D eigenvalue weighted by atomic mass is 16.5. The van der Waals surface area contributed by atoms with Crippen molar-refractivity contribution in [1.82, 2.24) is 9.55 Å². The predicted molar refractivity (Wildman–Crippen MR) is 55.9 cm³/mol. The molecule has 0 radical (unpaired) electrons. The normalized spacial score (nSPS) is 14.4. The van der Waals surface area contributed by atoms with E-state index in [4.69, 9.17) is 10.5 Å². The molecule has 1 atom stereocenters. The lowest BCUT2D eigenvalue weighted by atomic mass is 10.1. The summed E-state index contributed by atoms with van der Waals surface area (Å²) >= 11 is 0. The Kier molecular flexibility index (Phi) is 3.29. The molecular weight excluding hydrogens is 178 g/mol. The maximum Gasteiger partial charge on any atom is 0.0949 e. The van der Waals surface area contributed by atoms with E-state index in [1.165, 1.54) is 0 Å². The van der Waals surface area contributed by atoms with Gasteiger partial charge in [0.1, 0.15) is 0 Å². The second-order valence-corrected chi connectivity index (χ2v) is 4.20. The highest BCUT2D eigenvalue weighted by molar-refractivity contribution is 5.03. The molecule has 1 heterocycles. The van der Waals surface area contributed by atoms with Crippen LogP contribution in [0.15, 0.2) is 12.5 Å². The van der Waals surface area contributed by atoms with Gasteiger partial charge in [-0.3, -0.25) is 0 Å². The third-order valence-electron chi connectivity index (χ3n) is 2.31. The molecule has 1 rings (SSSR count). The lowest BCUT2D eigenvalue weighted by molar-refractivity contribution is 0.00743. The molecule has 2 N–H and O–H groups in total. The number of nitrogens with two attached hydrogens (primary N) is 1. The van der Waals surface area contributed by atoms with Gasteiger partial charge in [0.05, 0.1) is 24.2 Å². The van der Waals surface area contributed by atoms with Crippen LogP contribution in [0.3, 0.4) is 0 Å². The molecule has 0 fully saturated rings. The minimum atomic E-state index is -0.190. The average Bonchev–Trinajstić information content (AvgIpc) is 2.51. The molecule has 1 unspecified atom stereocenters. The van der Waals surface area contributed by atoms with E-state index >= 15 is 0 Å². The minimum absolute atomic E-state index is 0.00477. The van der Waals surface area contributed by atoms with Gasteiger partial charge in [-0.25, -0.2) is 4.98 Å². The standard InChI is InChI=1S/C10H19N3O/c1-8(11)9-5-12-7-13(9)6-10(2,3)14-4/h5,7-8H,6,11H2,1-4H3. The first-order valence-corrected chi connectivity index (χ1v) is 4.77. The molecule has 4 nitrogen and oxygen atoms in total. The SMILES string of the molecule is COC(C)(C)Cn1cncc1C(C)N. The Morgan fingerprint density at radius 1 is 1.64 bits per heavy atom. The van der Waals surface area contributed by atoms with Crippen LogP contribution >= 0.6 is 0 Å². The first-order chi connectivity index (χ1) is 6.46. The van der Waals surface area contributed by atoms with Gasteiger partial charge in [0.15, 0.2) is 0 Å². The molecule has 0 aliphatic carbocycles. The van der Waals surface area contributed by atoms with Gasteiger partial charge < -0.3 is 15.0 Å². The van der Waals surface area contributed by atoms with Crippen LogP contribution < -0.4 is 5.73 Å². The highest BCUT2D eigenvalue weighted by Crippen LogP contribution is 2.15. The van der Waals surface area contributed by atoms with Crippen molar-refractivity contribution in [3.05, 3.63) is 18.2 Å². The van der Waals surface area contributed by atoms with Gasteiger partial charge in [0, 0.05) is 19.3 Å². The van der Waals surface area contributed by atoms with E-state index in [9.17, 15) is 0 Å². The zero-order chi connectivity index (χ0) is 10.8. The maximum atomic E-state index is 5.82. The van der Waals surface area contributed by atoms with Gasteiger partial charge in [-0.05, 0) is 20.8 Å². The smallest absolute Gasteiger partial charge is 0.0949 e. The summed E-state index contributed by atoms with van der Waals surface area (Å²) in [6, 6.07) is 0.00477. The third-order valence-corrected chi connectivity index (χ3v) is 2.31. The van der Waals surface area contributed by atoms with Gasteiger partial charge in [-0.2, -0.15) is 0 Å². The van der Waals surface area contributed by atoms with Crippen LogP contribution in [0.2, 0.25) is 0 Å². The molecule has 4 heteroatoms. The molecule has 80 valence electrons. The van der Waals surface area contributed by atoms with Crippen LogP contribution in [0.5, 0.6) is 0 Å². The maximum absolute atomic E-state index is 5.82.